The third-order valence-corrected chi connectivity index (χ3v) is 2.15. The Morgan fingerprint density at radius 2 is 2.41 bits per heavy atom. The van der Waals surface area contributed by atoms with E-state index < -0.39 is 0 Å². The van der Waals surface area contributed by atoms with Gasteiger partial charge in [0.25, 0.3) is 11.5 Å². The van der Waals surface area contributed by atoms with Gasteiger partial charge in [0.1, 0.15) is 0 Å². The van der Waals surface area contributed by atoms with Crippen LogP contribution in [0.15, 0.2) is 21.5 Å². The monoisotopic (exact) mass is 255 g/mol. The average Bonchev–Trinajstić information content (AvgIpc) is 2.71. The minimum Gasteiger partial charge on any atom is -0.315 e. The summed E-state index contributed by atoms with van der Waals surface area (Å²) in [5, 5.41) is 9.25. The van der Waals surface area contributed by atoms with Gasteiger partial charge in [-0.1, -0.05) is 10.3 Å². The van der Waals surface area contributed by atoms with Crippen LogP contribution in [0.25, 0.3) is 11.2 Å². The zero-order valence-corrected chi connectivity index (χ0v) is 9.77. The molecule has 2 aromatic heterocycles. The molecule has 0 fully saturated rings. The van der Waals surface area contributed by atoms with Gasteiger partial charge in [-0.3, -0.25) is 9.80 Å². The Morgan fingerprint density at radius 1 is 1.59 bits per heavy atom. The van der Waals surface area contributed by atoms with Crippen molar-refractivity contribution in [1.29, 1.82) is 0 Å². The summed E-state index contributed by atoms with van der Waals surface area (Å²) in [5.74, 6) is 0.683. The van der Waals surface area contributed by atoms with Crippen molar-refractivity contribution < 1.29 is 0 Å². The molecule has 8 nitrogen and oxygen atoms in total. The number of rotatable bonds is 4. The molecule has 90 valence electrons. The molecule has 9 heteroatoms. The Kier molecular flexibility index (Phi) is 3.33. The number of H-pyrrole nitrogens is 2. The SMILES string of the molecule is CN(CCCl)N=Nc1nc2nc[nH]c(=O)c2[nH]1. The second kappa shape index (κ2) is 4.91. The molecule has 0 atom stereocenters. The first-order valence-electron chi connectivity index (χ1n) is 4.83. The van der Waals surface area contributed by atoms with Gasteiger partial charge in [-0.05, 0) is 0 Å². The number of halogens is 1. The van der Waals surface area contributed by atoms with Crippen LogP contribution in [-0.2, 0) is 0 Å². The molecule has 0 radical (unpaired) electrons. The van der Waals surface area contributed by atoms with Crippen LogP contribution in [0.3, 0.4) is 0 Å². The number of aromatic amines is 2. The van der Waals surface area contributed by atoms with E-state index in [-0.39, 0.29) is 17.0 Å². The minimum atomic E-state index is -0.293. The lowest BCUT2D eigenvalue weighted by Gasteiger charge is -2.06. The van der Waals surface area contributed by atoms with Gasteiger partial charge in [0, 0.05) is 12.9 Å². The molecule has 2 rings (SSSR count). The van der Waals surface area contributed by atoms with Gasteiger partial charge >= 0.3 is 0 Å². The first-order valence-corrected chi connectivity index (χ1v) is 5.36. The molecule has 0 spiro atoms. The summed E-state index contributed by atoms with van der Waals surface area (Å²) in [4.78, 5) is 24.4. The first kappa shape index (κ1) is 11.5. The van der Waals surface area contributed by atoms with Gasteiger partial charge in [0.05, 0.1) is 12.9 Å². The molecular formula is C8H10ClN7O. The number of nitrogens with one attached hydrogen (secondary N) is 2. The lowest BCUT2D eigenvalue weighted by Crippen LogP contribution is -2.12. The Balaban J connectivity index is 2.26. The highest BCUT2D eigenvalue weighted by Gasteiger charge is 2.05. The van der Waals surface area contributed by atoms with Crippen LogP contribution in [0.5, 0.6) is 0 Å². The second-order valence-corrected chi connectivity index (χ2v) is 3.63. The molecule has 17 heavy (non-hydrogen) atoms. The van der Waals surface area contributed by atoms with E-state index in [4.69, 9.17) is 11.6 Å². The Labute approximate surface area is 101 Å². The number of hydrogen-bond acceptors (Lipinski definition) is 5. The van der Waals surface area contributed by atoms with Crippen LogP contribution in [0.2, 0.25) is 0 Å². The largest absolute Gasteiger partial charge is 0.315 e. The highest BCUT2D eigenvalue weighted by atomic mass is 35.5. The summed E-state index contributed by atoms with van der Waals surface area (Å²) >= 11 is 5.54. The number of hydrogen-bond donors (Lipinski definition) is 2. The predicted octanol–water partition coefficient (Wildman–Crippen LogP) is 0.815. The molecule has 0 saturated heterocycles. The fourth-order valence-electron chi connectivity index (χ4n) is 1.16. The summed E-state index contributed by atoms with van der Waals surface area (Å²) < 4.78 is 0. The molecule has 0 amide bonds. The Bertz CT molecular complexity index is 589. The number of aromatic nitrogens is 4. The highest BCUT2D eigenvalue weighted by Crippen LogP contribution is 2.10. The third kappa shape index (κ3) is 2.59. The van der Waals surface area contributed by atoms with E-state index >= 15 is 0 Å². The topological polar surface area (TPSA) is 102 Å². The van der Waals surface area contributed by atoms with Crippen molar-refractivity contribution >= 4 is 28.7 Å². The molecule has 2 aromatic rings. The molecule has 0 aliphatic carbocycles. The van der Waals surface area contributed by atoms with E-state index in [9.17, 15) is 4.79 Å². The second-order valence-electron chi connectivity index (χ2n) is 3.25. The van der Waals surface area contributed by atoms with Crippen molar-refractivity contribution in [2.24, 2.45) is 10.3 Å². The van der Waals surface area contributed by atoms with Crippen molar-refractivity contribution in [3.8, 4) is 0 Å². The molecule has 2 N–H and O–H groups in total. The van der Waals surface area contributed by atoms with Crippen LogP contribution in [0.4, 0.5) is 5.95 Å². The molecule has 0 aliphatic heterocycles. The number of fused-ring (bicyclic) bond motifs is 1. The van der Waals surface area contributed by atoms with E-state index in [0.717, 1.165) is 0 Å². The standard InChI is InChI=1S/C8H10ClN7O/c1-16(3-2-9)15-14-8-12-5-6(13-8)10-4-11-7(5)17/h4H,2-3H2,1H3,(H2,10,11,12,13,17). The normalized spacial score (nSPS) is 11.4. The summed E-state index contributed by atoms with van der Waals surface area (Å²) in [5.41, 5.74) is 0.294. The van der Waals surface area contributed by atoms with Crippen LogP contribution in [0.1, 0.15) is 0 Å². The smallest absolute Gasteiger partial charge is 0.276 e. The van der Waals surface area contributed by atoms with Gasteiger partial charge in [-0.25, -0.2) is 4.98 Å². The molecule has 0 bridgehead atoms. The maximum absolute atomic E-state index is 11.4. The van der Waals surface area contributed by atoms with E-state index in [0.29, 0.717) is 18.1 Å². The van der Waals surface area contributed by atoms with Crippen molar-refractivity contribution in [3.05, 3.63) is 16.7 Å². The van der Waals surface area contributed by atoms with E-state index in [1.807, 2.05) is 0 Å². The lowest BCUT2D eigenvalue weighted by atomic mass is 10.6. The minimum absolute atomic E-state index is 0.227. The Morgan fingerprint density at radius 3 is 3.12 bits per heavy atom. The molecule has 0 aromatic carbocycles. The van der Waals surface area contributed by atoms with Crippen molar-refractivity contribution in [1.82, 2.24) is 24.9 Å². The maximum atomic E-state index is 11.4. The van der Waals surface area contributed by atoms with Gasteiger partial charge in [-0.15, -0.1) is 11.6 Å². The number of imidazole rings is 1. The molecule has 2 heterocycles. The van der Waals surface area contributed by atoms with Crippen LogP contribution in [-0.4, -0.2) is 44.4 Å². The van der Waals surface area contributed by atoms with Crippen LogP contribution in [0, 0.1) is 0 Å². The zero-order chi connectivity index (χ0) is 12.3. The fourth-order valence-corrected chi connectivity index (χ4v) is 1.41. The van der Waals surface area contributed by atoms with Gasteiger partial charge in [-0.2, -0.15) is 4.98 Å². The third-order valence-electron chi connectivity index (χ3n) is 1.98. The molecule has 0 saturated carbocycles. The first-order chi connectivity index (χ1) is 8.20. The predicted molar refractivity (Wildman–Crippen MR) is 62.4 cm³/mol. The quantitative estimate of drug-likeness (QED) is 0.479. The van der Waals surface area contributed by atoms with Crippen molar-refractivity contribution in [3.63, 3.8) is 0 Å². The average molecular weight is 256 g/mol. The summed E-state index contributed by atoms with van der Waals surface area (Å²) in [6, 6.07) is 0. The van der Waals surface area contributed by atoms with Crippen molar-refractivity contribution in [2.75, 3.05) is 19.5 Å². The summed E-state index contributed by atoms with van der Waals surface area (Å²) in [7, 11) is 1.74. The molecular weight excluding hydrogens is 246 g/mol. The number of nitrogens with zero attached hydrogens (tertiary/aromatic N) is 5. The lowest BCUT2D eigenvalue weighted by molar-refractivity contribution is 0.352. The van der Waals surface area contributed by atoms with Gasteiger partial charge in [0.15, 0.2) is 11.2 Å². The summed E-state index contributed by atoms with van der Waals surface area (Å²) in [6.45, 7) is 0.574. The fraction of sp³-hybridized carbons (Fsp3) is 0.375. The molecule has 0 aliphatic rings. The molecule has 0 unspecified atom stereocenters. The zero-order valence-electron chi connectivity index (χ0n) is 9.01. The van der Waals surface area contributed by atoms with E-state index in [1.165, 1.54) is 6.33 Å². The van der Waals surface area contributed by atoms with Crippen LogP contribution < -0.4 is 5.56 Å². The summed E-state index contributed by atoms with van der Waals surface area (Å²) in [6.07, 6.45) is 1.28. The van der Waals surface area contributed by atoms with E-state index in [1.54, 1.807) is 12.1 Å². The van der Waals surface area contributed by atoms with Gasteiger partial charge in [0.2, 0.25) is 0 Å². The Hall–Kier alpha value is -1.96. The highest BCUT2D eigenvalue weighted by molar-refractivity contribution is 6.18. The number of alkyl halides is 1. The van der Waals surface area contributed by atoms with Crippen molar-refractivity contribution in [2.45, 2.75) is 0 Å². The van der Waals surface area contributed by atoms with Crippen LogP contribution >= 0.6 is 11.6 Å². The van der Waals surface area contributed by atoms with E-state index in [2.05, 4.69) is 30.3 Å². The maximum Gasteiger partial charge on any atom is 0.276 e. The van der Waals surface area contributed by atoms with Gasteiger partial charge < -0.3 is 9.97 Å².